The second-order valence-corrected chi connectivity index (χ2v) is 5.40. The van der Waals surface area contributed by atoms with Crippen LogP contribution >= 0.6 is 0 Å². The van der Waals surface area contributed by atoms with E-state index in [1.807, 2.05) is 0 Å². The van der Waals surface area contributed by atoms with E-state index in [1.54, 1.807) is 12.1 Å². The van der Waals surface area contributed by atoms with Gasteiger partial charge in [0.2, 0.25) is 11.5 Å². The molecule has 3 aromatic rings. The molecule has 1 heterocycles. The van der Waals surface area contributed by atoms with Crippen LogP contribution in [0.3, 0.4) is 0 Å². The average Bonchev–Trinajstić information content (AvgIpc) is 3.17. The molecule has 7 heteroatoms. The van der Waals surface area contributed by atoms with Crippen molar-refractivity contribution in [2.24, 2.45) is 0 Å². The maximum atomic E-state index is 13.0. The van der Waals surface area contributed by atoms with Crippen molar-refractivity contribution in [2.45, 2.75) is 0 Å². The molecule has 3 rings (SSSR count). The zero-order valence-corrected chi connectivity index (χ0v) is 14.5. The zero-order chi connectivity index (χ0) is 18.7. The fourth-order valence-electron chi connectivity index (χ4n) is 2.56. The third-order valence-corrected chi connectivity index (χ3v) is 3.87. The van der Waals surface area contributed by atoms with Gasteiger partial charge in [0.25, 0.3) is 0 Å². The van der Waals surface area contributed by atoms with Crippen LogP contribution in [0.5, 0.6) is 17.2 Å². The van der Waals surface area contributed by atoms with Gasteiger partial charge in [0.05, 0.1) is 33.2 Å². The molecule has 0 radical (unpaired) electrons. The molecule has 1 N–H and O–H groups in total. The van der Waals surface area contributed by atoms with Crippen LogP contribution in [-0.2, 0) is 0 Å². The van der Waals surface area contributed by atoms with Crippen molar-refractivity contribution in [1.82, 2.24) is 9.97 Å². The highest BCUT2D eigenvalue weighted by molar-refractivity contribution is 6.06. The molecule has 0 amide bonds. The van der Waals surface area contributed by atoms with Gasteiger partial charge in [-0.25, -0.2) is 9.37 Å². The predicted molar refractivity (Wildman–Crippen MR) is 93.5 cm³/mol. The Kier molecular flexibility index (Phi) is 4.88. The SMILES string of the molecule is COc1cc(-c2cnc(C(=O)c3ccc(F)cc3)[nH]2)cc(OC)c1OC. The third-order valence-electron chi connectivity index (χ3n) is 3.87. The number of ether oxygens (including phenoxy) is 3. The lowest BCUT2D eigenvalue weighted by atomic mass is 10.1. The van der Waals surface area contributed by atoms with Crippen molar-refractivity contribution >= 4 is 5.78 Å². The quantitative estimate of drug-likeness (QED) is 0.685. The van der Waals surface area contributed by atoms with Crippen molar-refractivity contribution < 1.29 is 23.4 Å². The fourth-order valence-corrected chi connectivity index (χ4v) is 2.56. The average molecular weight is 356 g/mol. The molecule has 0 aliphatic heterocycles. The number of H-pyrrole nitrogens is 1. The molecule has 0 spiro atoms. The number of carbonyl (C=O) groups is 1. The van der Waals surface area contributed by atoms with E-state index in [4.69, 9.17) is 14.2 Å². The van der Waals surface area contributed by atoms with Crippen molar-refractivity contribution in [3.8, 4) is 28.5 Å². The topological polar surface area (TPSA) is 73.4 Å². The molecule has 26 heavy (non-hydrogen) atoms. The van der Waals surface area contributed by atoms with Crippen LogP contribution in [0.1, 0.15) is 16.2 Å². The number of benzene rings is 2. The number of imidazole rings is 1. The molecule has 0 aliphatic rings. The van der Waals surface area contributed by atoms with Gasteiger partial charge in [-0.3, -0.25) is 4.79 Å². The lowest BCUT2D eigenvalue weighted by molar-refractivity contribution is 0.103. The van der Waals surface area contributed by atoms with Gasteiger partial charge >= 0.3 is 0 Å². The maximum Gasteiger partial charge on any atom is 0.228 e. The monoisotopic (exact) mass is 356 g/mol. The molecular formula is C19H17FN2O4. The van der Waals surface area contributed by atoms with Gasteiger partial charge < -0.3 is 19.2 Å². The van der Waals surface area contributed by atoms with E-state index in [0.29, 0.717) is 34.1 Å². The number of rotatable bonds is 6. The summed E-state index contributed by atoms with van der Waals surface area (Å²) in [6, 6.07) is 8.80. The normalized spacial score (nSPS) is 10.5. The number of aromatic nitrogens is 2. The number of aromatic amines is 1. The largest absolute Gasteiger partial charge is 0.493 e. The van der Waals surface area contributed by atoms with Crippen LogP contribution in [0, 0.1) is 5.82 Å². The lowest BCUT2D eigenvalue weighted by Crippen LogP contribution is -2.03. The van der Waals surface area contributed by atoms with Gasteiger partial charge in [-0.05, 0) is 36.4 Å². The van der Waals surface area contributed by atoms with Gasteiger partial charge in [0.15, 0.2) is 17.3 Å². The molecule has 0 aliphatic carbocycles. The number of ketones is 1. The minimum atomic E-state index is -0.404. The second kappa shape index (κ2) is 7.26. The number of methoxy groups -OCH3 is 3. The molecule has 2 aromatic carbocycles. The summed E-state index contributed by atoms with van der Waals surface area (Å²) in [4.78, 5) is 19.6. The van der Waals surface area contributed by atoms with Crippen LogP contribution < -0.4 is 14.2 Å². The van der Waals surface area contributed by atoms with Crippen LogP contribution in [0.15, 0.2) is 42.6 Å². The van der Waals surface area contributed by atoms with E-state index in [1.165, 1.54) is 51.8 Å². The van der Waals surface area contributed by atoms with E-state index in [-0.39, 0.29) is 11.6 Å². The molecular weight excluding hydrogens is 339 g/mol. The summed E-state index contributed by atoms with van der Waals surface area (Å²) in [5, 5.41) is 0. The van der Waals surface area contributed by atoms with Gasteiger partial charge in [0.1, 0.15) is 5.82 Å². The number of hydrogen-bond acceptors (Lipinski definition) is 5. The Morgan fingerprint density at radius 3 is 2.15 bits per heavy atom. The molecule has 1 aromatic heterocycles. The first-order valence-electron chi connectivity index (χ1n) is 7.73. The Balaban J connectivity index is 1.97. The van der Waals surface area contributed by atoms with Crippen LogP contribution in [0.4, 0.5) is 4.39 Å². The van der Waals surface area contributed by atoms with Crippen molar-refractivity contribution in [3.05, 3.63) is 59.8 Å². The van der Waals surface area contributed by atoms with Crippen molar-refractivity contribution in [2.75, 3.05) is 21.3 Å². The first-order chi connectivity index (χ1) is 12.6. The van der Waals surface area contributed by atoms with Crippen molar-refractivity contribution in [3.63, 3.8) is 0 Å². The standard InChI is InChI=1S/C19H17FN2O4/c1-24-15-8-12(9-16(25-2)18(15)26-3)14-10-21-19(22-14)17(23)11-4-6-13(20)7-5-11/h4-10H,1-3H3,(H,21,22). The van der Waals surface area contributed by atoms with E-state index in [2.05, 4.69) is 9.97 Å². The van der Waals surface area contributed by atoms with Crippen LogP contribution in [-0.4, -0.2) is 37.1 Å². The number of carbonyl (C=O) groups excluding carboxylic acids is 1. The summed E-state index contributed by atoms with van der Waals surface area (Å²) >= 11 is 0. The van der Waals surface area contributed by atoms with Gasteiger partial charge in [-0.1, -0.05) is 0 Å². The van der Waals surface area contributed by atoms with E-state index in [0.717, 1.165) is 0 Å². The minimum Gasteiger partial charge on any atom is -0.493 e. The first-order valence-corrected chi connectivity index (χ1v) is 7.73. The summed E-state index contributed by atoms with van der Waals surface area (Å²) in [5.41, 5.74) is 1.66. The van der Waals surface area contributed by atoms with Crippen molar-refractivity contribution in [1.29, 1.82) is 0 Å². The van der Waals surface area contributed by atoms with Gasteiger partial charge in [-0.2, -0.15) is 0 Å². The number of halogens is 1. The Bertz CT molecular complexity index is 910. The first kappa shape index (κ1) is 17.5. The van der Waals surface area contributed by atoms with E-state index >= 15 is 0 Å². The Hall–Kier alpha value is -3.35. The zero-order valence-electron chi connectivity index (χ0n) is 14.5. The number of nitrogens with one attached hydrogen (secondary N) is 1. The van der Waals surface area contributed by atoms with Crippen LogP contribution in [0.25, 0.3) is 11.3 Å². The third kappa shape index (κ3) is 3.23. The molecule has 134 valence electrons. The molecule has 0 unspecified atom stereocenters. The molecule has 0 saturated carbocycles. The van der Waals surface area contributed by atoms with E-state index < -0.39 is 5.82 Å². The Morgan fingerprint density at radius 2 is 1.62 bits per heavy atom. The van der Waals surface area contributed by atoms with Gasteiger partial charge in [0, 0.05) is 11.1 Å². The highest BCUT2D eigenvalue weighted by Crippen LogP contribution is 2.40. The summed E-state index contributed by atoms with van der Waals surface area (Å²) in [6.07, 6.45) is 1.54. The highest BCUT2D eigenvalue weighted by atomic mass is 19.1. The number of hydrogen-bond donors (Lipinski definition) is 1. The summed E-state index contributed by atoms with van der Waals surface area (Å²) in [6.45, 7) is 0. The number of nitrogens with zero attached hydrogens (tertiary/aromatic N) is 1. The van der Waals surface area contributed by atoms with E-state index in [9.17, 15) is 9.18 Å². The molecule has 0 fully saturated rings. The van der Waals surface area contributed by atoms with Gasteiger partial charge in [-0.15, -0.1) is 0 Å². The molecule has 0 saturated heterocycles. The summed E-state index contributed by atoms with van der Waals surface area (Å²) in [7, 11) is 4.57. The molecule has 0 bridgehead atoms. The maximum absolute atomic E-state index is 13.0. The fraction of sp³-hybridized carbons (Fsp3) is 0.158. The lowest BCUT2D eigenvalue weighted by Gasteiger charge is -2.13. The summed E-state index contributed by atoms with van der Waals surface area (Å²) in [5.74, 6) is 0.870. The summed E-state index contributed by atoms with van der Waals surface area (Å²) < 4.78 is 29.0. The van der Waals surface area contributed by atoms with Crippen LogP contribution in [0.2, 0.25) is 0 Å². The Labute approximate surface area is 149 Å². The Morgan fingerprint density at radius 1 is 1.00 bits per heavy atom. The smallest absolute Gasteiger partial charge is 0.228 e. The predicted octanol–water partition coefficient (Wildman–Crippen LogP) is 3.47. The second-order valence-electron chi connectivity index (χ2n) is 5.40. The molecule has 0 atom stereocenters. The highest BCUT2D eigenvalue weighted by Gasteiger charge is 2.17. The molecule has 6 nitrogen and oxygen atoms in total. The minimum absolute atomic E-state index is 0.153.